The van der Waals surface area contributed by atoms with Crippen LogP contribution in [0.1, 0.15) is 16.8 Å². The summed E-state index contributed by atoms with van der Waals surface area (Å²) in [7, 11) is -3.77. The van der Waals surface area contributed by atoms with Crippen LogP contribution >= 0.6 is 62.2 Å². The molecule has 0 saturated carbocycles. The van der Waals surface area contributed by atoms with Crippen molar-refractivity contribution < 1.29 is 14.3 Å². The molecule has 2 atom stereocenters. The van der Waals surface area contributed by atoms with E-state index in [0.29, 0.717) is 16.0 Å². The zero-order valence-electron chi connectivity index (χ0n) is 14.5. The molecular formula is C19H15Br2ClNO3PS. The predicted molar refractivity (Wildman–Crippen MR) is 124 cm³/mol. The Morgan fingerprint density at radius 1 is 1.25 bits per heavy atom. The quantitative estimate of drug-likeness (QED) is 0.335. The maximum absolute atomic E-state index is 12.8. The number of halogens is 3. The molecule has 0 aliphatic heterocycles. The third-order valence-corrected chi connectivity index (χ3v) is 7.58. The van der Waals surface area contributed by atoms with Gasteiger partial charge in [-0.3, -0.25) is 9.36 Å². The van der Waals surface area contributed by atoms with Crippen LogP contribution in [-0.4, -0.2) is 17.5 Å². The summed E-state index contributed by atoms with van der Waals surface area (Å²) in [4.78, 5) is 23.1. The van der Waals surface area contributed by atoms with Gasteiger partial charge >= 0.3 is 0 Å². The highest BCUT2D eigenvalue weighted by molar-refractivity contribution is 9.11. The lowest BCUT2D eigenvalue weighted by Gasteiger charge is -2.18. The minimum Gasteiger partial charge on any atom is -0.344 e. The zero-order valence-corrected chi connectivity index (χ0v) is 20.2. The summed E-state index contributed by atoms with van der Waals surface area (Å²) in [6.45, 7) is 1.19. The third-order valence-electron chi connectivity index (χ3n) is 3.97. The molecule has 2 aromatic carbocycles. The van der Waals surface area contributed by atoms with E-state index in [0.717, 1.165) is 19.2 Å². The first-order valence-electron chi connectivity index (χ1n) is 8.05. The Kier molecular flexibility index (Phi) is 6.85. The summed E-state index contributed by atoms with van der Waals surface area (Å²) >= 11 is 14.3. The molecule has 3 rings (SSSR count). The Labute approximate surface area is 188 Å². The smallest absolute Gasteiger partial charge is 0.241 e. The summed E-state index contributed by atoms with van der Waals surface area (Å²) < 4.78 is 15.2. The predicted octanol–water partition coefficient (Wildman–Crippen LogP) is 6.81. The molecule has 1 amide bonds. The van der Waals surface area contributed by atoms with Crippen molar-refractivity contribution in [2.24, 2.45) is 0 Å². The number of carbonyl (C=O) groups is 1. The summed E-state index contributed by atoms with van der Waals surface area (Å²) in [6.07, 6.45) is 3.19. The number of hydrogen-bond acceptors (Lipinski definition) is 3. The molecule has 9 heteroatoms. The van der Waals surface area contributed by atoms with Crippen LogP contribution in [0, 0.1) is 0 Å². The summed E-state index contributed by atoms with van der Waals surface area (Å²) in [5.74, 6) is -0.543. The summed E-state index contributed by atoms with van der Waals surface area (Å²) in [6, 6.07) is 11.0. The van der Waals surface area contributed by atoms with Crippen LogP contribution < -0.4 is 5.32 Å². The fourth-order valence-electron chi connectivity index (χ4n) is 2.82. The monoisotopic (exact) mass is 561 g/mol. The van der Waals surface area contributed by atoms with Crippen molar-refractivity contribution in [2.75, 3.05) is 6.66 Å². The van der Waals surface area contributed by atoms with Gasteiger partial charge in [0.25, 0.3) is 0 Å². The average molecular weight is 564 g/mol. The second-order valence-electron chi connectivity index (χ2n) is 6.22. The normalized spacial score (nSPS) is 14.9. The van der Waals surface area contributed by atoms with Gasteiger partial charge in [-0.15, -0.1) is 11.3 Å². The van der Waals surface area contributed by atoms with E-state index in [1.54, 1.807) is 23.6 Å². The van der Waals surface area contributed by atoms with Crippen molar-refractivity contribution in [1.82, 2.24) is 5.32 Å². The van der Waals surface area contributed by atoms with Crippen LogP contribution in [0.2, 0.25) is 5.02 Å². The number of benzene rings is 2. The molecule has 2 unspecified atom stereocenters. The number of fused-ring (bicyclic) bond motifs is 1. The molecule has 0 saturated heterocycles. The van der Waals surface area contributed by atoms with E-state index >= 15 is 0 Å². The number of amides is 1. The lowest BCUT2D eigenvalue weighted by atomic mass is 10.1. The van der Waals surface area contributed by atoms with Gasteiger partial charge in [0.15, 0.2) is 0 Å². The topological polar surface area (TPSA) is 66.4 Å². The van der Waals surface area contributed by atoms with Gasteiger partial charge in [0.2, 0.25) is 13.3 Å². The van der Waals surface area contributed by atoms with Crippen LogP contribution in [0.5, 0.6) is 0 Å². The van der Waals surface area contributed by atoms with Crippen molar-refractivity contribution in [1.29, 1.82) is 0 Å². The van der Waals surface area contributed by atoms with Crippen molar-refractivity contribution in [3.63, 3.8) is 0 Å². The largest absolute Gasteiger partial charge is 0.344 e. The molecule has 1 aromatic heterocycles. The van der Waals surface area contributed by atoms with Gasteiger partial charge in [-0.2, -0.15) is 0 Å². The molecule has 3 aromatic rings. The van der Waals surface area contributed by atoms with E-state index in [2.05, 4.69) is 37.2 Å². The maximum atomic E-state index is 12.8. The van der Waals surface area contributed by atoms with E-state index in [1.165, 1.54) is 24.2 Å². The van der Waals surface area contributed by atoms with Gasteiger partial charge in [0, 0.05) is 31.5 Å². The SMILES string of the molecule is CP(=O)(O)C(C(=O)N/C=C/c1cc(Br)cc(Br)c1)c1csc2ccc(Cl)cc12. The zero-order chi connectivity index (χ0) is 20.5. The van der Waals surface area contributed by atoms with Crippen molar-refractivity contribution >= 4 is 84.2 Å². The van der Waals surface area contributed by atoms with Crippen LogP contribution in [0.15, 0.2) is 56.9 Å². The van der Waals surface area contributed by atoms with Gasteiger partial charge < -0.3 is 10.2 Å². The highest BCUT2D eigenvalue weighted by Gasteiger charge is 2.36. The van der Waals surface area contributed by atoms with Crippen molar-refractivity contribution in [3.05, 3.63) is 73.1 Å². The van der Waals surface area contributed by atoms with Crippen LogP contribution in [0.25, 0.3) is 16.2 Å². The molecule has 4 nitrogen and oxygen atoms in total. The van der Waals surface area contributed by atoms with Gasteiger partial charge in [-0.25, -0.2) is 0 Å². The van der Waals surface area contributed by atoms with E-state index < -0.39 is 18.9 Å². The Balaban J connectivity index is 1.89. The molecule has 0 fully saturated rings. The summed E-state index contributed by atoms with van der Waals surface area (Å²) in [5, 5.41) is 5.60. The molecule has 0 radical (unpaired) electrons. The average Bonchev–Trinajstić information content (AvgIpc) is 2.95. The first-order valence-corrected chi connectivity index (χ1v) is 13.1. The van der Waals surface area contributed by atoms with Gasteiger partial charge in [-0.1, -0.05) is 43.5 Å². The maximum Gasteiger partial charge on any atom is 0.241 e. The van der Waals surface area contributed by atoms with E-state index in [-0.39, 0.29) is 0 Å². The molecule has 2 N–H and O–H groups in total. The Hall–Kier alpha value is -0.950. The number of carbonyl (C=O) groups excluding carboxylic acids is 1. The standard InChI is InChI=1S/C19H15Br2ClNO3PS/c1-27(25,26)18(16-10-28-17-3-2-14(22)9-15(16)17)19(24)23-5-4-11-6-12(20)8-13(21)7-11/h2-10,18H,1H3,(H,23,24)(H,25,26)/b5-4+. The van der Waals surface area contributed by atoms with Crippen molar-refractivity contribution in [2.45, 2.75) is 5.66 Å². The number of thiophene rings is 1. The lowest BCUT2D eigenvalue weighted by Crippen LogP contribution is -2.25. The first-order chi connectivity index (χ1) is 13.1. The molecule has 0 spiro atoms. The third kappa shape index (κ3) is 5.15. The number of hydrogen-bond donors (Lipinski definition) is 2. The van der Waals surface area contributed by atoms with Crippen LogP contribution in [0.3, 0.4) is 0 Å². The summed E-state index contributed by atoms with van der Waals surface area (Å²) in [5.41, 5.74) is 0.181. The number of nitrogens with one attached hydrogen (secondary N) is 1. The Bertz CT molecular complexity index is 1110. The highest BCUT2D eigenvalue weighted by atomic mass is 79.9. The lowest BCUT2D eigenvalue weighted by molar-refractivity contribution is -0.120. The molecule has 1 heterocycles. The first kappa shape index (κ1) is 21.8. The fraction of sp³-hybridized carbons (Fsp3) is 0.105. The minimum atomic E-state index is -3.77. The Morgan fingerprint density at radius 2 is 1.93 bits per heavy atom. The second-order valence-corrected chi connectivity index (χ2v) is 11.8. The Morgan fingerprint density at radius 3 is 2.57 bits per heavy atom. The molecule has 0 aliphatic rings. The van der Waals surface area contributed by atoms with Crippen molar-refractivity contribution in [3.8, 4) is 0 Å². The van der Waals surface area contributed by atoms with E-state index in [4.69, 9.17) is 11.6 Å². The van der Waals surface area contributed by atoms with E-state index in [9.17, 15) is 14.3 Å². The molecular weight excluding hydrogens is 549 g/mol. The molecule has 0 bridgehead atoms. The second kappa shape index (κ2) is 8.82. The molecule has 146 valence electrons. The minimum absolute atomic E-state index is 0.506. The van der Waals surface area contributed by atoms with Crippen LogP contribution in [-0.2, 0) is 9.36 Å². The van der Waals surface area contributed by atoms with Gasteiger partial charge in [0.1, 0.15) is 5.66 Å². The fourth-order valence-corrected chi connectivity index (χ4v) is 6.63. The number of rotatable bonds is 5. The van der Waals surface area contributed by atoms with Gasteiger partial charge in [0.05, 0.1) is 0 Å². The van der Waals surface area contributed by atoms with Gasteiger partial charge in [-0.05, 0) is 64.4 Å². The molecule has 28 heavy (non-hydrogen) atoms. The highest BCUT2D eigenvalue weighted by Crippen LogP contribution is 2.54. The van der Waals surface area contributed by atoms with E-state index in [1.807, 2.05) is 24.3 Å². The van der Waals surface area contributed by atoms with Crippen LogP contribution in [0.4, 0.5) is 0 Å². The molecule has 0 aliphatic carbocycles.